The number of carbonyl (C=O) groups is 1. The molecule has 0 saturated carbocycles. The molecule has 0 spiro atoms. The fourth-order valence-electron chi connectivity index (χ4n) is 3.61. The van der Waals surface area contributed by atoms with E-state index < -0.39 is 10.0 Å². The summed E-state index contributed by atoms with van der Waals surface area (Å²) in [6.45, 7) is 1.17. The maximum Gasteiger partial charge on any atom is 0.311 e. The fraction of sp³-hybridized carbons (Fsp3) is 0.261. The summed E-state index contributed by atoms with van der Waals surface area (Å²) in [5, 5.41) is 1.92. The Labute approximate surface area is 171 Å². The summed E-state index contributed by atoms with van der Waals surface area (Å²) in [6, 6.07) is 20.2. The Morgan fingerprint density at radius 1 is 0.897 bits per heavy atom. The molecule has 0 bridgehead atoms. The maximum atomic E-state index is 12.6. The van der Waals surface area contributed by atoms with Gasteiger partial charge in [0, 0.05) is 24.9 Å². The van der Waals surface area contributed by atoms with E-state index in [1.54, 1.807) is 30.3 Å². The second kappa shape index (κ2) is 8.35. The lowest BCUT2D eigenvalue weighted by Gasteiger charge is -2.15. The van der Waals surface area contributed by atoms with Crippen LogP contribution in [0.25, 0.3) is 10.8 Å². The SMILES string of the molecule is O=C(CCc1ccc(S(=O)(=O)N2CCCC2)cc1)Oc1cccc2ccccc12. The van der Waals surface area contributed by atoms with E-state index in [-0.39, 0.29) is 12.4 Å². The van der Waals surface area contributed by atoms with Crippen molar-refractivity contribution >= 4 is 26.8 Å². The summed E-state index contributed by atoms with van der Waals surface area (Å²) in [5.41, 5.74) is 0.903. The van der Waals surface area contributed by atoms with Gasteiger partial charge in [-0.15, -0.1) is 0 Å². The summed E-state index contributed by atoms with van der Waals surface area (Å²) < 4.78 is 32.2. The molecule has 4 rings (SSSR count). The van der Waals surface area contributed by atoms with Crippen LogP contribution in [0.3, 0.4) is 0 Å². The van der Waals surface area contributed by atoms with Crippen LogP contribution in [-0.4, -0.2) is 31.8 Å². The highest BCUT2D eigenvalue weighted by Gasteiger charge is 2.26. The van der Waals surface area contributed by atoms with Gasteiger partial charge in [0.15, 0.2) is 0 Å². The Hall–Kier alpha value is -2.70. The van der Waals surface area contributed by atoms with E-state index in [1.807, 2.05) is 36.4 Å². The second-order valence-electron chi connectivity index (χ2n) is 7.21. The zero-order chi connectivity index (χ0) is 20.3. The van der Waals surface area contributed by atoms with E-state index in [0.29, 0.717) is 30.2 Å². The molecule has 0 N–H and O–H groups in total. The van der Waals surface area contributed by atoms with Gasteiger partial charge < -0.3 is 4.74 Å². The van der Waals surface area contributed by atoms with Gasteiger partial charge in [-0.25, -0.2) is 8.42 Å². The van der Waals surface area contributed by atoms with Crippen molar-refractivity contribution < 1.29 is 17.9 Å². The van der Waals surface area contributed by atoms with Crippen molar-refractivity contribution in [2.75, 3.05) is 13.1 Å². The molecule has 1 aliphatic rings. The smallest absolute Gasteiger partial charge is 0.311 e. The first-order chi connectivity index (χ1) is 14.0. The second-order valence-corrected chi connectivity index (χ2v) is 9.14. The minimum Gasteiger partial charge on any atom is -0.426 e. The minimum atomic E-state index is -3.41. The van der Waals surface area contributed by atoms with Crippen LogP contribution < -0.4 is 4.74 Å². The number of ether oxygens (including phenoxy) is 1. The predicted octanol–water partition coefficient (Wildman–Crippen LogP) is 4.16. The van der Waals surface area contributed by atoms with Crippen molar-refractivity contribution in [3.8, 4) is 5.75 Å². The van der Waals surface area contributed by atoms with E-state index >= 15 is 0 Å². The lowest BCUT2D eigenvalue weighted by Crippen LogP contribution is -2.27. The number of aryl methyl sites for hydroxylation is 1. The van der Waals surface area contributed by atoms with Crippen LogP contribution in [0.15, 0.2) is 71.6 Å². The Kier molecular flexibility index (Phi) is 5.65. The van der Waals surface area contributed by atoms with Gasteiger partial charge in [-0.3, -0.25) is 4.79 Å². The third-order valence-electron chi connectivity index (χ3n) is 5.22. The van der Waals surface area contributed by atoms with Crippen molar-refractivity contribution in [3.63, 3.8) is 0 Å². The lowest BCUT2D eigenvalue weighted by molar-refractivity contribution is -0.134. The largest absolute Gasteiger partial charge is 0.426 e. The van der Waals surface area contributed by atoms with E-state index in [9.17, 15) is 13.2 Å². The van der Waals surface area contributed by atoms with Crippen molar-refractivity contribution in [2.45, 2.75) is 30.6 Å². The van der Waals surface area contributed by atoms with Crippen molar-refractivity contribution in [1.82, 2.24) is 4.31 Å². The quantitative estimate of drug-likeness (QED) is 0.453. The Morgan fingerprint density at radius 2 is 1.59 bits per heavy atom. The first kappa shape index (κ1) is 19.6. The summed E-state index contributed by atoms with van der Waals surface area (Å²) in [7, 11) is -3.41. The summed E-state index contributed by atoms with van der Waals surface area (Å²) in [6.07, 6.45) is 2.54. The minimum absolute atomic E-state index is 0.224. The third-order valence-corrected chi connectivity index (χ3v) is 7.13. The highest BCUT2D eigenvalue weighted by Crippen LogP contribution is 2.26. The van der Waals surface area contributed by atoms with Crippen LogP contribution in [0.2, 0.25) is 0 Å². The van der Waals surface area contributed by atoms with Crippen LogP contribution in [0.1, 0.15) is 24.8 Å². The third kappa shape index (κ3) is 4.33. The standard InChI is InChI=1S/C23H23NO4S/c25-23(28-22-9-5-7-19-6-1-2-8-21(19)22)15-12-18-10-13-20(14-11-18)29(26,27)24-16-3-4-17-24/h1-2,5-11,13-14H,3-4,12,15-17H2. The fourth-order valence-corrected chi connectivity index (χ4v) is 5.13. The number of nitrogens with zero attached hydrogens (tertiary/aromatic N) is 1. The average Bonchev–Trinajstić information content (AvgIpc) is 3.29. The lowest BCUT2D eigenvalue weighted by atomic mass is 10.1. The molecule has 3 aromatic carbocycles. The van der Waals surface area contributed by atoms with Gasteiger partial charge in [-0.1, -0.05) is 48.5 Å². The molecule has 0 radical (unpaired) electrons. The van der Waals surface area contributed by atoms with Gasteiger partial charge >= 0.3 is 5.97 Å². The normalized spacial score (nSPS) is 14.9. The molecule has 1 aliphatic heterocycles. The number of hydrogen-bond acceptors (Lipinski definition) is 4. The molecular formula is C23H23NO4S. The van der Waals surface area contributed by atoms with Crippen molar-refractivity contribution in [3.05, 3.63) is 72.3 Å². The van der Waals surface area contributed by atoms with Gasteiger partial charge in [0.2, 0.25) is 10.0 Å². The number of hydrogen-bond donors (Lipinski definition) is 0. The maximum absolute atomic E-state index is 12.6. The molecule has 6 heteroatoms. The Bertz CT molecular complexity index is 1110. The first-order valence-electron chi connectivity index (χ1n) is 9.81. The van der Waals surface area contributed by atoms with Gasteiger partial charge in [0.05, 0.1) is 4.90 Å². The number of rotatable bonds is 6. The van der Waals surface area contributed by atoms with Crippen LogP contribution in [-0.2, 0) is 21.2 Å². The highest BCUT2D eigenvalue weighted by molar-refractivity contribution is 7.89. The molecule has 0 aliphatic carbocycles. The van der Waals surface area contributed by atoms with Crippen LogP contribution in [0.5, 0.6) is 5.75 Å². The summed E-state index contributed by atoms with van der Waals surface area (Å²) in [5.74, 6) is 0.246. The van der Waals surface area contributed by atoms with Crippen molar-refractivity contribution in [2.24, 2.45) is 0 Å². The average molecular weight is 410 g/mol. The Balaban J connectivity index is 1.38. The molecule has 0 amide bonds. The topological polar surface area (TPSA) is 63.7 Å². The van der Waals surface area contributed by atoms with Crippen LogP contribution in [0, 0.1) is 0 Å². The molecule has 5 nitrogen and oxygen atoms in total. The zero-order valence-corrected chi connectivity index (χ0v) is 16.9. The number of sulfonamides is 1. The zero-order valence-electron chi connectivity index (χ0n) is 16.1. The van der Waals surface area contributed by atoms with E-state index in [0.717, 1.165) is 29.2 Å². The van der Waals surface area contributed by atoms with E-state index in [4.69, 9.17) is 4.74 Å². The van der Waals surface area contributed by atoms with Gasteiger partial charge in [0.25, 0.3) is 0 Å². The monoisotopic (exact) mass is 409 g/mol. The van der Waals surface area contributed by atoms with Gasteiger partial charge in [-0.2, -0.15) is 4.31 Å². The number of carbonyl (C=O) groups excluding carboxylic acids is 1. The molecule has 0 atom stereocenters. The molecule has 0 aromatic heterocycles. The molecule has 1 heterocycles. The molecule has 150 valence electrons. The van der Waals surface area contributed by atoms with Gasteiger partial charge in [0.1, 0.15) is 5.75 Å². The summed E-state index contributed by atoms with van der Waals surface area (Å²) >= 11 is 0. The first-order valence-corrected chi connectivity index (χ1v) is 11.3. The number of benzene rings is 3. The van der Waals surface area contributed by atoms with Crippen LogP contribution >= 0.6 is 0 Å². The highest BCUT2D eigenvalue weighted by atomic mass is 32.2. The molecular weight excluding hydrogens is 386 g/mol. The van der Waals surface area contributed by atoms with E-state index in [2.05, 4.69) is 0 Å². The van der Waals surface area contributed by atoms with E-state index in [1.165, 1.54) is 4.31 Å². The molecule has 29 heavy (non-hydrogen) atoms. The predicted molar refractivity (Wildman–Crippen MR) is 112 cm³/mol. The molecule has 3 aromatic rings. The number of esters is 1. The molecule has 1 fully saturated rings. The summed E-state index contributed by atoms with van der Waals surface area (Å²) in [4.78, 5) is 12.6. The number of fused-ring (bicyclic) bond motifs is 1. The Morgan fingerprint density at radius 3 is 2.34 bits per heavy atom. The molecule has 0 unspecified atom stereocenters. The van der Waals surface area contributed by atoms with Crippen LogP contribution in [0.4, 0.5) is 0 Å². The van der Waals surface area contributed by atoms with Crippen molar-refractivity contribution in [1.29, 1.82) is 0 Å². The van der Waals surface area contributed by atoms with Gasteiger partial charge in [-0.05, 0) is 48.4 Å². The molecule has 1 saturated heterocycles.